The van der Waals surface area contributed by atoms with E-state index in [-0.39, 0.29) is 0 Å². The van der Waals surface area contributed by atoms with Crippen LogP contribution in [0.25, 0.3) is 16.3 Å². The molecule has 0 amide bonds. The van der Waals surface area contributed by atoms with E-state index in [4.69, 9.17) is 16.2 Å². The van der Waals surface area contributed by atoms with Crippen LogP contribution in [-0.2, 0) is 4.74 Å². The molecular weight excluding hydrogens is 308 g/mol. The van der Waals surface area contributed by atoms with Crippen LogP contribution in [0.15, 0.2) is 35.3 Å². The van der Waals surface area contributed by atoms with E-state index in [0.717, 1.165) is 15.5 Å². The highest BCUT2D eigenvalue weighted by Gasteiger charge is 2.34. The zero-order valence-electron chi connectivity index (χ0n) is 13.8. The Hall–Kier alpha value is -1.89. The van der Waals surface area contributed by atoms with Gasteiger partial charge in [0, 0.05) is 12.0 Å². The molecule has 1 atom stereocenters. The molecule has 0 spiro atoms. The Bertz CT molecular complexity index is 841. The normalized spacial score (nSPS) is 17.9. The zero-order chi connectivity index (χ0) is 16.8. The molecule has 2 aromatic rings. The van der Waals surface area contributed by atoms with Gasteiger partial charge in [0.25, 0.3) is 0 Å². The third-order valence-corrected chi connectivity index (χ3v) is 5.52. The van der Waals surface area contributed by atoms with Gasteiger partial charge >= 0.3 is 0 Å². The molecular formula is C17H22N4OS. The number of nitrogens with zero attached hydrogens (tertiary/aromatic N) is 2. The first kappa shape index (κ1) is 16.0. The molecule has 0 radical (unpaired) electrons. The molecule has 0 aliphatic carbocycles. The molecule has 0 bridgehead atoms. The molecule has 0 fully saturated rings. The van der Waals surface area contributed by atoms with Crippen LogP contribution in [0.1, 0.15) is 19.4 Å². The minimum atomic E-state index is -0.633. The van der Waals surface area contributed by atoms with Gasteiger partial charge in [0.2, 0.25) is 0 Å². The maximum absolute atomic E-state index is 6.46. The molecule has 2 heterocycles. The summed E-state index contributed by atoms with van der Waals surface area (Å²) < 4.78 is 6.44. The average molecular weight is 330 g/mol. The third-order valence-electron chi connectivity index (χ3n) is 4.27. The first-order chi connectivity index (χ1) is 10.9. The lowest BCUT2D eigenvalue weighted by atomic mass is 10.1. The van der Waals surface area contributed by atoms with Crippen molar-refractivity contribution in [1.82, 2.24) is 4.90 Å². The third kappa shape index (κ3) is 2.52. The number of hydrogen-bond acceptors (Lipinski definition) is 6. The first-order valence-corrected chi connectivity index (χ1v) is 8.31. The Morgan fingerprint density at radius 1 is 1.26 bits per heavy atom. The van der Waals surface area contributed by atoms with Crippen LogP contribution >= 0.6 is 11.3 Å². The van der Waals surface area contributed by atoms with Crippen molar-refractivity contribution < 1.29 is 4.74 Å². The summed E-state index contributed by atoms with van der Waals surface area (Å²) in [5.74, 6) is 0.616. The zero-order valence-corrected chi connectivity index (χ0v) is 14.6. The van der Waals surface area contributed by atoms with E-state index >= 15 is 0 Å². The van der Waals surface area contributed by atoms with Crippen LogP contribution in [0.4, 0.5) is 0 Å². The van der Waals surface area contributed by atoms with E-state index in [1.165, 1.54) is 10.4 Å². The van der Waals surface area contributed by atoms with Crippen molar-refractivity contribution in [3.05, 3.63) is 45.8 Å². The largest absolute Gasteiger partial charge is 0.385 e. The van der Waals surface area contributed by atoms with Gasteiger partial charge in [-0.05, 0) is 31.9 Å². The van der Waals surface area contributed by atoms with Crippen LogP contribution in [0, 0.1) is 6.92 Å². The maximum atomic E-state index is 6.46. The molecule has 122 valence electrons. The van der Waals surface area contributed by atoms with Gasteiger partial charge in [-0.15, -0.1) is 11.3 Å². The van der Waals surface area contributed by atoms with Crippen molar-refractivity contribution in [3.63, 3.8) is 0 Å². The standard InChI is InChI=1S/C17H22N4OS/c1-10-12-14(18)21(17(2,3)22-4)16(19)20-15(12)23-13(10)11-8-6-5-7-9-11/h5-9,16H,18-19H2,1-4H3. The Morgan fingerprint density at radius 3 is 2.52 bits per heavy atom. The van der Waals surface area contributed by atoms with Crippen molar-refractivity contribution in [1.29, 1.82) is 0 Å². The van der Waals surface area contributed by atoms with Gasteiger partial charge in [-0.3, -0.25) is 10.6 Å². The van der Waals surface area contributed by atoms with Crippen molar-refractivity contribution in [2.45, 2.75) is 32.8 Å². The Kier molecular flexibility index (Phi) is 3.91. The summed E-state index contributed by atoms with van der Waals surface area (Å²) in [5.41, 5.74) is 14.4. The summed E-state index contributed by atoms with van der Waals surface area (Å²) >= 11 is 1.63. The lowest BCUT2D eigenvalue weighted by Gasteiger charge is -2.42. The van der Waals surface area contributed by atoms with E-state index in [0.29, 0.717) is 5.82 Å². The number of nitrogens with two attached hydrogens (primary N) is 2. The van der Waals surface area contributed by atoms with E-state index in [1.54, 1.807) is 18.4 Å². The van der Waals surface area contributed by atoms with E-state index in [9.17, 15) is 0 Å². The van der Waals surface area contributed by atoms with Gasteiger partial charge in [0.1, 0.15) is 16.2 Å². The number of fused-ring (bicyclic) bond motifs is 1. The molecule has 0 saturated heterocycles. The molecule has 23 heavy (non-hydrogen) atoms. The van der Waals surface area contributed by atoms with Crippen molar-refractivity contribution in [2.24, 2.45) is 16.5 Å². The number of methoxy groups -OCH3 is 1. The van der Waals surface area contributed by atoms with Gasteiger partial charge < -0.3 is 10.5 Å². The van der Waals surface area contributed by atoms with Gasteiger partial charge in [0.15, 0.2) is 6.29 Å². The minimum absolute atomic E-state index is 0.556. The van der Waals surface area contributed by atoms with Crippen LogP contribution in [0.3, 0.4) is 0 Å². The Balaban J connectivity index is 2.26. The van der Waals surface area contributed by atoms with Crippen LogP contribution in [0.2, 0.25) is 0 Å². The van der Waals surface area contributed by atoms with E-state index < -0.39 is 12.0 Å². The van der Waals surface area contributed by atoms with Crippen molar-refractivity contribution in [3.8, 4) is 10.4 Å². The fraction of sp³-hybridized carbons (Fsp3) is 0.353. The number of rotatable bonds is 3. The van der Waals surface area contributed by atoms with Crippen LogP contribution in [-0.4, -0.2) is 24.0 Å². The number of hydrogen-bond donors (Lipinski definition) is 2. The highest BCUT2D eigenvalue weighted by atomic mass is 32.1. The van der Waals surface area contributed by atoms with Crippen molar-refractivity contribution >= 4 is 17.2 Å². The fourth-order valence-electron chi connectivity index (χ4n) is 2.90. The highest BCUT2D eigenvalue weighted by molar-refractivity contribution is 7.13. The van der Waals surface area contributed by atoms with E-state index in [2.05, 4.69) is 24.0 Å². The first-order valence-electron chi connectivity index (χ1n) is 7.49. The quantitative estimate of drug-likeness (QED) is 0.889. The molecule has 0 saturated carbocycles. The second-order valence-electron chi connectivity index (χ2n) is 6.05. The molecule has 1 unspecified atom stereocenters. The summed E-state index contributed by atoms with van der Waals surface area (Å²) in [4.78, 5) is 7.64. The second kappa shape index (κ2) is 5.63. The molecule has 1 aromatic heterocycles. The predicted molar refractivity (Wildman–Crippen MR) is 93.8 cm³/mol. The van der Waals surface area contributed by atoms with Gasteiger partial charge in [0.05, 0.1) is 5.22 Å². The minimum Gasteiger partial charge on any atom is -0.385 e. The van der Waals surface area contributed by atoms with Gasteiger partial charge in [-0.1, -0.05) is 30.3 Å². The maximum Gasteiger partial charge on any atom is 0.178 e. The number of thiophene rings is 1. The highest BCUT2D eigenvalue weighted by Crippen LogP contribution is 2.27. The van der Waals surface area contributed by atoms with Crippen LogP contribution in [0.5, 0.6) is 0 Å². The molecule has 1 aliphatic rings. The van der Waals surface area contributed by atoms with Gasteiger partial charge in [-0.2, -0.15) is 0 Å². The summed E-state index contributed by atoms with van der Waals surface area (Å²) in [7, 11) is 1.64. The van der Waals surface area contributed by atoms with E-state index in [1.807, 2.05) is 36.9 Å². The molecule has 6 heteroatoms. The summed E-state index contributed by atoms with van der Waals surface area (Å²) in [6.45, 7) is 5.94. The summed E-state index contributed by atoms with van der Waals surface area (Å²) in [6, 6.07) is 10.3. The molecule has 4 N–H and O–H groups in total. The molecule has 1 aliphatic heterocycles. The predicted octanol–water partition coefficient (Wildman–Crippen LogP) is 1.31. The Labute approximate surface area is 139 Å². The van der Waals surface area contributed by atoms with Gasteiger partial charge in [-0.25, -0.2) is 4.99 Å². The average Bonchev–Trinajstić information content (AvgIpc) is 2.84. The van der Waals surface area contributed by atoms with Crippen LogP contribution < -0.4 is 21.4 Å². The Morgan fingerprint density at radius 2 is 1.91 bits per heavy atom. The smallest absolute Gasteiger partial charge is 0.178 e. The number of benzene rings is 1. The SMILES string of the molecule is COC(C)(C)N1C(N)=c2c(C)c(-c3ccccc3)sc2=NC1N. The monoisotopic (exact) mass is 330 g/mol. The molecule has 1 aromatic carbocycles. The summed E-state index contributed by atoms with van der Waals surface area (Å²) in [5, 5.41) is 0.959. The topological polar surface area (TPSA) is 76.9 Å². The summed E-state index contributed by atoms with van der Waals surface area (Å²) in [6.07, 6.45) is -0.556. The lowest BCUT2D eigenvalue weighted by molar-refractivity contribution is -0.0968. The number of ether oxygens (including phenoxy) is 1. The molecule has 3 rings (SSSR count). The lowest BCUT2D eigenvalue weighted by Crippen LogP contribution is -2.59. The van der Waals surface area contributed by atoms with Crippen molar-refractivity contribution in [2.75, 3.05) is 7.11 Å². The molecule has 5 nitrogen and oxygen atoms in total. The fourth-order valence-corrected chi connectivity index (χ4v) is 4.13. The second-order valence-corrected chi connectivity index (χ2v) is 7.05.